The minimum Gasteiger partial charge on any atom is -0.368 e. The van der Waals surface area contributed by atoms with Crippen LogP contribution < -0.4 is 20.9 Å². The third kappa shape index (κ3) is 3.48. The Bertz CT molecular complexity index is 1350. The molecule has 33 heavy (non-hydrogen) atoms. The van der Waals surface area contributed by atoms with E-state index >= 15 is 0 Å². The van der Waals surface area contributed by atoms with Gasteiger partial charge in [-0.2, -0.15) is 5.10 Å². The molecule has 1 fully saturated rings. The minimum absolute atomic E-state index is 0.0703. The number of pyridine rings is 2. The Morgan fingerprint density at radius 3 is 2.70 bits per heavy atom. The molecular formula is C25H25N7O. The zero-order chi connectivity index (χ0) is 22.4. The Labute approximate surface area is 191 Å². The molecule has 1 aromatic carbocycles. The number of amides is 1. The summed E-state index contributed by atoms with van der Waals surface area (Å²) in [5, 5.41) is 14.2. The Morgan fingerprint density at radius 1 is 1.00 bits per heavy atom. The molecular weight excluding hydrogens is 414 g/mol. The highest BCUT2D eigenvalue weighted by molar-refractivity contribution is 6.06. The van der Waals surface area contributed by atoms with E-state index < -0.39 is 0 Å². The number of rotatable bonds is 4. The average molecular weight is 440 g/mol. The fraction of sp³-hybridized carbons (Fsp3) is 0.240. The number of fused-ring (bicyclic) bond motifs is 2. The normalized spacial score (nSPS) is 15.5. The van der Waals surface area contributed by atoms with E-state index in [1.165, 1.54) is 0 Å². The van der Waals surface area contributed by atoms with Gasteiger partial charge in [0.05, 0.1) is 34.8 Å². The number of aromatic nitrogens is 3. The summed E-state index contributed by atoms with van der Waals surface area (Å²) in [5.74, 6) is 0.647. The molecule has 5 heterocycles. The van der Waals surface area contributed by atoms with Crippen molar-refractivity contribution in [1.29, 1.82) is 0 Å². The molecule has 0 aliphatic carbocycles. The summed E-state index contributed by atoms with van der Waals surface area (Å²) in [6, 6.07) is 12.2. The highest BCUT2D eigenvalue weighted by atomic mass is 16.1. The molecule has 3 N–H and O–H groups in total. The number of nitrogens with one attached hydrogen (secondary N) is 3. The lowest BCUT2D eigenvalue weighted by molar-refractivity contribution is 0.0966. The van der Waals surface area contributed by atoms with Gasteiger partial charge in [0.2, 0.25) is 0 Å². The standard InChI is InChI=1S/C25H25N7O/c1-16-2-6-22-19(14-29-32(22)15-16)18-4-5-21(24-20(18)13-28-25(24)33)30-23-7-3-17(12-27-23)31-10-8-26-9-11-31/h2-7,12,14-15,26H,8-11,13H2,1H3,(H,27,30)(H,28,33). The van der Waals surface area contributed by atoms with Gasteiger partial charge in [0.1, 0.15) is 5.82 Å². The first-order valence-electron chi connectivity index (χ1n) is 11.2. The van der Waals surface area contributed by atoms with Gasteiger partial charge in [-0.1, -0.05) is 12.1 Å². The second kappa shape index (κ2) is 7.90. The minimum atomic E-state index is -0.0703. The molecule has 166 valence electrons. The van der Waals surface area contributed by atoms with Gasteiger partial charge in [-0.05, 0) is 47.9 Å². The molecule has 2 aliphatic rings. The van der Waals surface area contributed by atoms with Crippen LogP contribution in [0.15, 0.2) is 55.0 Å². The summed E-state index contributed by atoms with van der Waals surface area (Å²) < 4.78 is 1.89. The Kier molecular flexibility index (Phi) is 4.73. The summed E-state index contributed by atoms with van der Waals surface area (Å²) >= 11 is 0. The zero-order valence-corrected chi connectivity index (χ0v) is 18.4. The van der Waals surface area contributed by atoms with Crippen LogP contribution in [0.25, 0.3) is 16.6 Å². The van der Waals surface area contributed by atoms with Crippen molar-refractivity contribution < 1.29 is 4.79 Å². The van der Waals surface area contributed by atoms with Crippen molar-refractivity contribution in [3.63, 3.8) is 0 Å². The molecule has 8 heteroatoms. The van der Waals surface area contributed by atoms with Crippen LogP contribution in [0.3, 0.4) is 0 Å². The van der Waals surface area contributed by atoms with Crippen molar-refractivity contribution in [1.82, 2.24) is 25.2 Å². The van der Waals surface area contributed by atoms with Crippen LogP contribution in [0.1, 0.15) is 21.5 Å². The van der Waals surface area contributed by atoms with Crippen molar-refractivity contribution >= 4 is 28.6 Å². The molecule has 0 saturated carbocycles. The van der Waals surface area contributed by atoms with Crippen LogP contribution in [-0.4, -0.2) is 46.7 Å². The van der Waals surface area contributed by atoms with Crippen molar-refractivity contribution in [3.8, 4) is 11.1 Å². The zero-order valence-electron chi connectivity index (χ0n) is 18.4. The van der Waals surface area contributed by atoms with Crippen LogP contribution in [0, 0.1) is 6.92 Å². The monoisotopic (exact) mass is 439 g/mol. The van der Waals surface area contributed by atoms with E-state index in [4.69, 9.17) is 0 Å². The van der Waals surface area contributed by atoms with Crippen LogP contribution >= 0.6 is 0 Å². The second-order valence-electron chi connectivity index (χ2n) is 8.56. The largest absolute Gasteiger partial charge is 0.368 e. The fourth-order valence-corrected chi connectivity index (χ4v) is 4.71. The van der Waals surface area contributed by atoms with Crippen molar-refractivity contribution in [2.75, 3.05) is 36.4 Å². The molecule has 6 rings (SSSR count). The Morgan fingerprint density at radius 2 is 1.88 bits per heavy atom. The third-order valence-corrected chi connectivity index (χ3v) is 6.41. The molecule has 0 bridgehead atoms. The maximum atomic E-state index is 12.8. The number of benzene rings is 1. The van der Waals surface area contributed by atoms with E-state index in [-0.39, 0.29) is 5.91 Å². The molecule has 1 saturated heterocycles. The van der Waals surface area contributed by atoms with E-state index in [2.05, 4.69) is 55.2 Å². The summed E-state index contributed by atoms with van der Waals surface area (Å²) in [7, 11) is 0. The molecule has 1 amide bonds. The predicted molar refractivity (Wildman–Crippen MR) is 129 cm³/mol. The smallest absolute Gasteiger partial charge is 0.254 e. The van der Waals surface area contributed by atoms with E-state index in [1.807, 2.05) is 42.2 Å². The second-order valence-corrected chi connectivity index (χ2v) is 8.56. The van der Waals surface area contributed by atoms with E-state index in [0.717, 1.165) is 71.1 Å². The van der Waals surface area contributed by atoms with Crippen molar-refractivity contribution in [3.05, 3.63) is 71.7 Å². The maximum absolute atomic E-state index is 12.8. The molecule has 0 radical (unpaired) electrons. The molecule has 0 spiro atoms. The van der Waals surface area contributed by atoms with E-state index in [1.54, 1.807) is 0 Å². The quantitative estimate of drug-likeness (QED) is 0.453. The lowest BCUT2D eigenvalue weighted by Crippen LogP contribution is -2.43. The summed E-state index contributed by atoms with van der Waals surface area (Å²) in [6.07, 6.45) is 5.77. The first kappa shape index (κ1) is 19.8. The number of piperazine rings is 1. The van der Waals surface area contributed by atoms with Gasteiger partial charge in [0, 0.05) is 44.5 Å². The van der Waals surface area contributed by atoms with Gasteiger partial charge in [-0.25, -0.2) is 9.50 Å². The number of anilines is 3. The molecule has 4 aromatic rings. The van der Waals surface area contributed by atoms with Crippen LogP contribution in [-0.2, 0) is 6.54 Å². The third-order valence-electron chi connectivity index (χ3n) is 6.41. The van der Waals surface area contributed by atoms with Crippen LogP contribution in [0.5, 0.6) is 0 Å². The van der Waals surface area contributed by atoms with Crippen LogP contribution in [0.2, 0.25) is 0 Å². The SMILES string of the molecule is Cc1ccc2c(-c3ccc(Nc4ccc(N5CCNCC5)cn4)c4c3CNC4=O)cnn2c1. The summed E-state index contributed by atoms with van der Waals surface area (Å²) in [6.45, 7) is 6.47. The van der Waals surface area contributed by atoms with E-state index in [0.29, 0.717) is 12.1 Å². The molecule has 0 unspecified atom stereocenters. The van der Waals surface area contributed by atoms with Gasteiger partial charge in [-0.3, -0.25) is 4.79 Å². The van der Waals surface area contributed by atoms with Gasteiger partial charge in [0.25, 0.3) is 5.91 Å². The lowest BCUT2D eigenvalue weighted by Gasteiger charge is -2.29. The average Bonchev–Trinajstić information content (AvgIpc) is 3.44. The lowest BCUT2D eigenvalue weighted by atomic mass is 9.96. The van der Waals surface area contributed by atoms with Gasteiger partial charge >= 0.3 is 0 Å². The number of hydrogen-bond donors (Lipinski definition) is 3. The number of hydrogen-bond acceptors (Lipinski definition) is 6. The highest BCUT2D eigenvalue weighted by Crippen LogP contribution is 2.36. The number of nitrogens with zero attached hydrogens (tertiary/aromatic N) is 4. The van der Waals surface area contributed by atoms with Crippen molar-refractivity contribution in [2.45, 2.75) is 13.5 Å². The fourth-order valence-electron chi connectivity index (χ4n) is 4.71. The highest BCUT2D eigenvalue weighted by Gasteiger charge is 2.27. The molecule has 2 aliphatic heterocycles. The summed E-state index contributed by atoms with van der Waals surface area (Å²) in [5.41, 5.74) is 7.75. The van der Waals surface area contributed by atoms with E-state index in [9.17, 15) is 4.79 Å². The number of aryl methyl sites for hydroxylation is 1. The predicted octanol–water partition coefficient (Wildman–Crippen LogP) is 3.10. The Balaban J connectivity index is 1.33. The van der Waals surface area contributed by atoms with Gasteiger partial charge in [0.15, 0.2) is 0 Å². The first-order chi connectivity index (χ1) is 16.2. The number of carbonyl (C=O) groups excluding carboxylic acids is 1. The molecule has 0 atom stereocenters. The Hall–Kier alpha value is -3.91. The van der Waals surface area contributed by atoms with Gasteiger partial charge < -0.3 is 20.9 Å². The van der Waals surface area contributed by atoms with Crippen LogP contribution in [0.4, 0.5) is 17.2 Å². The van der Waals surface area contributed by atoms with Gasteiger partial charge in [-0.15, -0.1) is 0 Å². The molecule has 3 aromatic heterocycles. The topological polar surface area (TPSA) is 86.6 Å². The maximum Gasteiger partial charge on any atom is 0.254 e. The number of carbonyl (C=O) groups is 1. The summed E-state index contributed by atoms with van der Waals surface area (Å²) in [4.78, 5) is 19.7. The van der Waals surface area contributed by atoms with Crippen molar-refractivity contribution in [2.24, 2.45) is 0 Å². The first-order valence-corrected chi connectivity index (χ1v) is 11.2. The molecule has 8 nitrogen and oxygen atoms in total.